The fraction of sp³-hybridized carbons (Fsp3) is 0.263. The van der Waals surface area contributed by atoms with Crippen molar-refractivity contribution in [3.8, 4) is 11.4 Å². The Balaban J connectivity index is 2.05. The van der Waals surface area contributed by atoms with E-state index in [0.29, 0.717) is 16.6 Å². The Morgan fingerprint density at radius 3 is 2.27 bits per heavy atom. The van der Waals surface area contributed by atoms with Crippen molar-refractivity contribution in [2.24, 2.45) is 0 Å². The van der Waals surface area contributed by atoms with Gasteiger partial charge in [-0.1, -0.05) is 32.9 Å². The van der Waals surface area contributed by atoms with E-state index in [1.165, 1.54) is 34.7 Å². The molecule has 0 amide bonds. The van der Waals surface area contributed by atoms with E-state index in [1.54, 1.807) is 0 Å². The first-order chi connectivity index (χ1) is 12.0. The summed E-state index contributed by atoms with van der Waals surface area (Å²) in [5.41, 5.74) is 2.06. The monoisotopic (exact) mass is 372 g/mol. The molecular formula is C19H20N2O4S. The van der Waals surface area contributed by atoms with E-state index >= 15 is 0 Å². The summed E-state index contributed by atoms with van der Waals surface area (Å²) >= 11 is 0. The summed E-state index contributed by atoms with van der Waals surface area (Å²) in [4.78, 5) is 17.0. The van der Waals surface area contributed by atoms with E-state index in [4.69, 9.17) is 4.18 Å². The number of benzene rings is 2. The van der Waals surface area contributed by atoms with Crippen LogP contribution in [0.5, 0.6) is 5.75 Å². The topological polar surface area (TPSA) is 78.3 Å². The molecule has 6 nitrogen and oxygen atoms in total. The molecule has 0 aliphatic heterocycles. The molecule has 3 rings (SSSR count). The number of hydrogen-bond donors (Lipinski definition) is 0. The van der Waals surface area contributed by atoms with Crippen molar-refractivity contribution < 1.29 is 12.6 Å². The SMILES string of the molecule is CC(C)(C)c1ccc(-n2cnc3cc(OS(C)(=O)=O)ccc3c2=O)cc1. The van der Waals surface area contributed by atoms with Crippen LogP contribution in [-0.4, -0.2) is 24.2 Å². The summed E-state index contributed by atoms with van der Waals surface area (Å²) < 4.78 is 28.8. The first-order valence-corrected chi connectivity index (χ1v) is 9.88. The lowest BCUT2D eigenvalue weighted by atomic mass is 9.87. The number of aromatic nitrogens is 2. The van der Waals surface area contributed by atoms with Gasteiger partial charge in [-0.3, -0.25) is 9.36 Å². The van der Waals surface area contributed by atoms with E-state index in [-0.39, 0.29) is 16.7 Å². The Morgan fingerprint density at radius 1 is 1.04 bits per heavy atom. The molecule has 0 aliphatic carbocycles. The highest BCUT2D eigenvalue weighted by Gasteiger charge is 2.14. The summed E-state index contributed by atoms with van der Waals surface area (Å²) in [5.74, 6) is 0.124. The summed E-state index contributed by atoms with van der Waals surface area (Å²) in [6.07, 6.45) is 2.39. The molecule has 0 aliphatic rings. The molecule has 1 aromatic heterocycles. The maximum Gasteiger partial charge on any atom is 0.306 e. The molecule has 0 unspecified atom stereocenters. The quantitative estimate of drug-likeness (QED) is 0.661. The lowest BCUT2D eigenvalue weighted by Gasteiger charge is -2.19. The van der Waals surface area contributed by atoms with Gasteiger partial charge in [-0.2, -0.15) is 8.42 Å². The minimum Gasteiger partial charge on any atom is -0.383 e. The van der Waals surface area contributed by atoms with Gasteiger partial charge in [0.2, 0.25) is 0 Å². The molecule has 2 aromatic carbocycles. The molecule has 0 spiro atoms. The Kier molecular flexibility index (Phi) is 4.36. The molecule has 0 bridgehead atoms. The van der Waals surface area contributed by atoms with E-state index in [2.05, 4.69) is 25.8 Å². The van der Waals surface area contributed by atoms with Gasteiger partial charge in [0.05, 0.1) is 22.8 Å². The molecule has 0 fully saturated rings. The van der Waals surface area contributed by atoms with Crippen LogP contribution in [0.25, 0.3) is 16.6 Å². The third-order valence-corrected chi connectivity index (χ3v) is 4.48. The molecule has 0 saturated carbocycles. The maximum absolute atomic E-state index is 12.8. The van der Waals surface area contributed by atoms with E-state index in [9.17, 15) is 13.2 Å². The maximum atomic E-state index is 12.8. The van der Waals surface area contributed by atoms with Crippen LogP contribution in [0.3, 0.4) is 0 Å². The molecule has 136 valence electrons. The Hall–Kier alpha value is -2.67. The zero-order chi connectivity index (χ0) is 19.1. The van der Waals surface area contributed by atoms with Crippen molar-refractivity contribution in [2.45, 2.75) is 26.2 Å². The van der Waals surface area contributed by atoms with Gasteiger partial charge in [0.1, 0.15) is 12.1 Å². The highest BCUT2D eigenvalue weighted by molar-refractivity contribution is 7.86. The highest BCUT2D eigenvalue weighted by atomic mass is 32.2. The van der Waals surface area contributed by atoms with Gasteiger partial charge < -0.3 is 4.18 Å². The van der Waals surface area contributed by atoms with Crippen LogP contribution in [0, 0.1) is 0 Å². The highest BCUT2D eigenvalue weighted by Crippen LogP contribution is 2.23. The van der Waals surface area contributed by atoms with Gasteiger partial charge in [-0.25, -0.2) is 4.98 Å². The lowest BCUT2D eigenvalue weighted by Crippen LogP contribution is -2.19. The van der Waals surface area contributed by atoms with Crippen molar-refractivity contribution in [1.82, 2.24) is 9.55 Å². The van der Waals surface area contributed by atoms with Gasteiger partial charge in [0.25, 0.3) is 5.56 Å². The lowest BCUT2D eigenvalue weighted by molar-refractivity contribution is 0.493. The number of fused-ring (bicyclic) bond motifs is 1. The largest absolute Gasteiger partial charge is 0.383 e. The molecule has 26 heavy (non-hydrogen) atoms. The zero-order valence-electron chi connectivity index (χ0n) is 15.1. The van der Waals surface area contributed by atoms with Gasteiger partial charge >= 0.3 is 10.1 Å². The third kappa shape index (κ3) is 3.77. The summed E-state index contributed by atoms with van der Waals surface area (Å²) in [5, 5.41) is 0.383. The fourth-order valence-electron chi connectivity index (χ4n) is 2.63. The number of hydrogen-bond acceptors (Lipinski definition) is 5. The smallest absolute Gasteiger partial charge is 0.306 e. The third-order valence-electron chi connectivity index (χ3n) is 3.99. The van der Waals surface area contributed by atoms with Crippen molar-refractivity contribution >= 4 is 21.0 Å². The second-order valence-corrected chi connectivity index (χ2v) is 8.76. The first-order valence-electron chi connectivity index (χ1n) is 8.06. The predicted octanol–water partition coefficient (Wildman–Crippen LogP) is 3.02. The summed E-state index contributed by atoms with van der Waals surface area (Å²) in [6.45, 7) is 6.38. The van der Waals surface area contributed by atoms with Crippen LogP contribution in [0.2, 0.25) is 0 Å². The summed E-state index contributed by atoms with van der Waals surface area (Å²) in [6, 6.07) is 12.2. The van der Waals surface area contributed by atoms with E-state index < -0.39 is 10.1 Å². The number of rotatable bonds is 3. The standard InChI is InChI=1S/C19H20N2O4S/c1-19(2,3)13-5-7-14(8-6-13)21-12-20-17-11-15(25-26(4,23)24)9-10-16(17)18(21)22/h5-12H,1-4H3. The zero-order valence-corrected chi connectivity index (χ0v) is 15.9. The summed E-state index contributed by atoms with van der Waals surface area (Å²) in [7, 11) is -3.63. The van der Waals surface area contributed by atoms with Crippen molar-refractivity contribution in [3.63, 3.8) is 0 Å². The van der Waals surface area contributed by atoms with E-state index in [1.807, 2.05) is 24.3 Å². The average Bonchev–Trinajstić information content (AvgIpc) is 2.53. The van der Waals surface area contributed by atoms with Crippen LogP contribution in [0.15, 0.2) is 53.6 Å². The Bertz CT molecular complexity index is 1120. The van der Waals surface area contributed by atoms with Gasteiger partial charge in [0, 0.05) is 6.07 Å². The molecule has 3 aromatic rings. The second-order valence-electron chi connectivity index (χ2n) is 7.18. The minimum atomic E-state index is -3.63. The normalized spacial score (nSPS) is 12.3. The molecule has 0 radical (unpaired) electrons. The minimum absolute atomic E-state index is 0.0289. The van der Waals surface area contributed by atoms with Crippen LogP contribution >= 0.6 is 0 Å². The number of nitrogens with zero attached hydrogens (tertiary/aromatic N) is 2. The second kappa shape index (κ2) is 6.25. The molecule has 7 heteroatoms. The fourth-order valence-corrected chi connectivity index (χ4v) is 3.09. The molecule has 0 saturated heterocycles. The van der Waals surface area contributed by atoms with Gasteiger partial charge in [-0.05, 0) is 35.2 Å². The van der Waals surface area contributed by atoms with Crippen LogP contribution in [0.1, 0.15) is 26.3 Å². The first kappa shape index (κ1) is 18.1. The molecule has 0 atom stereocenters. The molecule has 1 heterocycles. The van der Waals surface area contributed by atoms with Crippen molar-refractivity contribution in [3.05, 3.63) is 64.7 Å². The molecular weight excluding hydrogens is 352 g/mol. The van der Waals surface area contributed by atoms with Crippen LogP contribution < -0.4 is 9.74 Å². The van der Waals surface area contributed by atoms with Crippen LogP contribution in [0.4, 0.5) is 0 Å². The van der Waals surface area contributed by atoms with Crippen LogP contribution in [-0.2, 0) is 15.5 Å². The Morgan fingerprint density at radius 2 is 1.69 bits per heavy atom. The Labute approximate surface area is 152 Å². The van der Waals surface area contributed by atoms with E-state index in [0.717, 1.165) is 6.26 Å². The van der Waals surface area contributed by atoms with Gasteiger partial charge in [-0.15, -0.1) is 0 Å². The van der Waals surface area contributed by atoms with Gasteiger partial charge in [0.15, 0.2) is 0 Å². The van der Waals surface area contributed by atoms with Crippen molar-refractivity contribution in [1.29, 1.82) is 0 Å². The van der Waals surface area contributed by atoms with Crippen molar-refractivity contribution in [2.75, 3.05) is 6.26 Å². The molecule has 0 N–H and O–H groups in total. The average molecular weight is 372 g/mol. The predicted molar refractivity (Wildman–Crippen MR) is 102 cm³/mol.